The van der Waals surface area contributed by atoms with E-state index < -0.39 is 0 Å². The quantitative estimate of drug-likeness (QED) is 0.560. The Balaban J connectivity index is 2.07. The summed E-state index contributed by atoms with van der Waals surface area (Å²) in [5.74, 6) is 0.0220. The van der Waals surface area contributed by atoms with E-state index in [9.17, 15) is 9.59 Å². The Morgan fingerprint density at radius 2 is 1.69 bits per heavy atom. The Labute approximate surface area is 163 Å². The molecule has 1 aromatic heterocycles. The molecule has 0 spiro atoms. The van der Waals surface area contributed by atoms with Crippen molar-refractivity contribution in [2.24, 2.45) is 0 Å². The first kappa shape index (κ1) is 18.5. The first-order valence-electron chi connectivity index (χ1n) is 7.49. The van der Waals surface area contributed by atoms with Crippen molar-refractivity contribution in [1.29, 1.82) is 0 Å². The van der Waals surface area contributed by atoms with Gasteiger partial charge in [0, 0.05) is 19.4 Å². The van der Waals surface area contributed by atoms with Crippen LogP contribution in [0.4, 0.5) is 11.4 Å². The Hall–Kier alpha value is -2.28. The predicted molar refractivity (Wildman–Crippen MR) is 105 cm³/mol. The molecule has 0 unspecified atom stereocenters. The number of nitrogens with one attached hydrogen (secondary N) is 3. The number of hydrogen-bond donors (Lipinski definition) is 3. The van der Waals surface area contributed by atoms with Crippen molar-refractivity contribution >= 4 is 69.0 Å². The number of amides is 2. The molecule has 2 aromatic carbocycles. The molecule has 0 aliphatic heterocycles. The molecule has 0 saturated heterocycles. The number of halogens is 3. The second-order valence-corrected chi connectivity index (χ2v) is 6.78. The summed E-state index contributed by atoms with van der Waals surface area (Å²) in [6.07, 6.45) is 0. The van der Waals surface area contributed by atoms with E-state index in [2.05, 4.69) is 20.6 Å². The average molecular weight is 412 g/mol. The third-order valence-electron chi connectivity index (χ3n) is 3.52. The lowest BCUT2D eigenvalue weighted by Crippen LogP contribution is -2.06. The summed E-state index contributed by atoms with van der Waals surface area (Å²) >= 11 is 18.8. The van der Waals surface area contributed by atoms with E-state index in [0.29, 0.717) is 43.8 Å². The third kappa shape index (κ3) is 3.62. The molecule has 134 valence electrons. The highest BCUT2D eigenvalue weighted by molar-refractivity contribution is 6.43. The van der Waals surface area contributed by atoms with Crippen LogP contribution in [0, 0.1) is 0 Å². The van der Waals surface area contributed by atoms with E-state index in [1.54, 1.807) is 24.3 Å². The van der Waals surface area contributed by atoms with Gasteiger partial charge in [-0.15, -0.1) is 0 Å². The van der Waals surface area contributed by atoms with Crippen LogP contribution < -0.4 is 10.6 Å². The molecule has 3 aromatic rings. The van der Waals surface area contributed by atoms with E-state index in [1.807, 2.05) is 0 Å². The van der Waals surface area contributed by atoms with Gasteiger partial charge < -0.3 is 15.6 Å². The molecule has 0 atom stereocenters. The summed E-state index contributed by atoms with van der Waals surface area (Å²) in [4.78, 5) is 30.1. The van der Waals surface area contributed by atoms with E-state index in [0.717, 1.165) is 0 Å². The summed E-state index contributed by atoms with van der Waals surface area (Å²) in [7, 11) is 0. The highest BCUT2D eigenvalue weighted by Gasteiger charge is 2.17. The lowest BCUT2D eigenvalue weighted by Gasteiger charge is -2.07. The van der Waals surface area contributed by atoms with Gasteiger partial charge in [0.25, 0.3) is 0 Å². The maximum Gasteiger partial charge on any atom is 0.221 e. The molecule has 2 amide bonds. The molecule has 9 heteroatoms. The number of aromatic amines is 1. The standard InChI is InChI=1S/C17H13Cl3N4O2/c1-7(25)21-12-4-3-9(5-10(12)18)17-23-13-6-11(19)15(22-8(2)26)14(20)16(13)24-17/h3-6H,1-2H3,(H,21,25)(H,22,26)(H,23,24). The number of rotatable bonds is 3. The van der Waals surface area contributed by atoms with Crippen molar-refractivity contribution in [1.82, 2.24) is 9.97 Å². The number of aromatic nitrogens is 2. The summed E-state index contributed by atoms with van der Waals surface area (Å²) in [6, 6.07) is 6.76. The monoisotopic (exact) mass is 410 g/mol. The van der Waals surface area contributed by atoms with Gasteiger partial charge in [-0.05, 0) is 24.3 Å². The molecule has 0 fully saturated rings. The Morgan fingerprint density at radius 3 is 2.31 bits per heavy atom. The maximum absolute atomic E-state index is 11.3. The van der Waals surface area contributed by atoms with Crippen LogP contribution in [0.5, 0.6) is 0 Å². The van der Waals surface area contributed by atoms with Crippen LogP contribution in [0.2, 0.25) is 15.1 Å². The van der Waals surface area contributed by atoms with Crippen molar-refractivity contribution < 1.29 is 9.59 Å². The molecule has 0 aliphatic carbocycles. The largest absolute Gasteiger partial charge is 0.338 e. The number of carbonyl (C=O) groups is 2. The molecule has 6 nitrogen and oxygen atoms in total. The number of nitrogens with zero attached hydrogens (tertiary/aromatic N) is 1. The lowest BCUT2D eigenvalue weighted by atomic mass is 10.2. The minimum Gasteiger partial charge on any atom is -0.338 e. The number of hydrogen-bond acceptors (Lipinski definition) is 3. The van der Waals surface area contributed by atoms with Crippen molar-refractivity contribution in [3.63, 3.8) is 0 Å². The molecule has 0 saturated carbocycles. The van der Waals surface area contributed by atoms with E-state index >= 15 is 0 Å². The zero-order chi connectivity index (χ0) is 19.0. The first-order valence-corrected chi connectivity index (χ1v) is 8.62. The van der Waals surface area contributed by atoms with Gasteiger partial charge >= 0.3 is 0 Å². The molecular weight excluding hydrogens is 399 g/mol. The van der Waals surface area contributed by atoms with Crippen molar-refractivity contribution in [3.05, 3.63) is 39.3 Å². The molecule has 3 N–H and O–H groups in total. The van der Waals surface area contributed by atoms with Crippen LogP contribution in [-0.4, -0.2) is 21.8 Å². The van der Waals surface area contributed by atoms with Crippen LogP contribution in [0.25, 0.3) is 22.4 Å². The summed E-state index contributed by atoms with van der Waals surface area (Å²) in [5, 5.41) is 6.16. The molecule has 0 bridgehead atoms. The normalized spacial score (nSPS) is 10.8. The maximum atomic E-state index is 11.3. The molecular formula is C17H13Cl3N4O2. The number of fused-ring (bicyclic) bond motifs is 1. The van der Waals surface area contributed by atoms with Gasteiger partial charge in [-0.25, -0.2) is 4.98 Å². The van der Waals surface area contributed by atoms with Crippen molar-refractivity contribution in [2.75, 3.05) is 10.6 Å². The molecule has 26 heavy (non-hydrogen) atoms. The summed E-state index contributed by atoms with van der Waals surface area (Å²) in [5.41, 5.74) is 2.61. The zero-order valence-electron chi connectivity index (χ0n) is 13.7. The third-order valence-corrected chi connectivity index (χ3v) is 4.50. The smallest absolute Gasteiger partial charge is 0.221 e. The first-order chi connectivity index (χ1) is 12.3. The number of anilines is 2. The minimum atomic E-state index is -0.288. The summed E-state index contributed by atoms with van der Waals surface area (Å²) in [6.45, 7) is 2.77. The SMILES string of the molecule is CC(=O)Nc1ccc(-c2nc3c(Cl)c(NC(C)=O)c(Cl)cc3[nH]2)cc1Cl. The Kier molecular flexibility index (Phi) is 5.09. The van der Waals surface area contributed by atoms with Gasteiger partial charge in [-0.1, -0.05) is 34.8 Å². The number of H-pyrrole nitrogens is 1. The van der Waals surface area contributed by atoms with E-state index in [-0.39, 0.29) is 16.8 Å². The lowest BCUT2D eigenvalue weighted by molar-refractivity contribution is -0.115. The minimum absolute atomic E-state index is 0.213. The molecule has 1 heterocycles. The Morgan fingerprint density at radius 1 is 1.00 bits per heavy atom. The zero-order valence-corrected chi connectivity index (χ0v) is 16.0. The van der Waals surface area contributed by atoms with E-state index in [4.69, 9.17) is 34.8 Å². The Bertz CT molecular complexity index is 1050. The van der Waals surface area contributed by atoms with Gasteiger partial charge in [0.2, 0.25) is 11.8 Å². The van der Waals surface area contributed by atoms with E-state index in [1.165, 1.54) is 13.8 Å². The van der Waals surface area contributed by atoms with Crippen molar-refractivity contribution in [2.45, 2.75) is 13.8 Å². The number of benzene rings is 2. The predicted octanol–water partition coefficient (Wildman–Crippen LogP) is 5.11. The van der Waals surface area contributed by atoms with Gasteiger partial charge in [-0.3, -0.25) is 9.59 Å². The van der Waals surface area contributed by atoms with Crippen LogP contribution in [0.15, 0.2) is 24.3 Å². The van der Waals surface area contributed by atoms with Crippen LogP contribution in [-0.2, 0) is 9.59 Å². The highest BCUT2D eigenvalue weighted by atomic mass is 35.5. The highest BCUT2D eigenvalue weighted by Crippen LogP contribution is 2.38. The molecule has 0 aliphatic rings. The fraction of sp³-hybridized carbons (Fsp3) is 0.118. The number of carbonyl (C=O) groups excluding carboxylic acids is 2. The fourth-order valence-corrected chi connectivity index (χ4v) is 3.28. The van der Waals surface area contributed by atoms with Gasteiger partial charge in [-0.2, -0.15) is 0 Å². The summed E-state index contributed by atoms with van der Waals surface area (Å²) < 4.78 is 0. The fourth-order valence-electron chi connectivity index (χ4n) is 2.46. The molecule has 0 radical (unpaired) electrons. The van der Waals surface area contributed by atoms with Crippen LogP contribution in [0.3, 0.4) is 0 Å². The topological polar surface area (TPSA) is 86.9 Å². The van der Waals surface area contributed by atoms with Gasteiger partial charge in [0.15, 0.2) is 0 Å². The second-order valence-electron chi connectivity index (χ2n) is 5.59. The van der Waals surface area contributed by atoms with Crippen LogP contribution >= 0.6 is 34.8 Å². The van der Waals surface area contributed by atoms with Gasteiger partial charge in [0.1, 0.15) is 11.3 Å². The van der Waals surface area contributed by atoms with Crippen LogP contribution in [0.1, 0.15) is 13.8 Å². The average Bonchev–Trinajstić information content (AvgIpc) is 2.97. The second kappa shape index (κ2) is 7.15. The van der Waals surface area contributed by atoms with Crippen molar-refractivity contribution in [3.8, 4) is 11.4 Å². The van der Waals surface area contributed by atoms with Gasteiger partial charge in [0.05, 0.1) is 32.0 Å². The number of imidazole rings is 1. The molecule has 3 rings (SSSR count).